The minimum Gasteiger partial charge on any atom is -0.507 e. The van der Waals surface area contributed by atoms with Crippen LogP contribution >= 0.6 is 0 Å². The number of phenols is 1. The van der Waals surface area contributed by atoms with Gasteiger partial charge in [-0.15, -0.1) is 5.11 Å². The Kier molecular flexibility index (Phi) is 3.68. The Morgan fingerprint density at radius 3 is 2.36 bits per heavy atom. The predicted molar refractivity (Wildman–Crippen MR) is 99.3 cm³/mol. The lowest BCUT2D eigenvalue weighted by Crippen LogP contribution is -2.32. The molecule has 3 aromatic carbocycles. The van der Waals surface area contributed by atoms with E-state index in [1.54, 1.807) is 0 Å². The summed E-state index contributed by atoms with van der Waals surface area (Å²) in [5.74, 6) is 0.937. The fourth-order valence-electron chi connectivity index (χ4n) is 3.23. The Morgan fingerprint density at radius 2 is 1.60 bits per heavy atom. The highest BCUT2D eigenvalue weighted by atomic mass is 16.5. The van der Waals surface area contributed by atoms with E-state index in [4.69, 9.17) is 4.74 Å². The van der Waals surface area contributed by atoms with E-state index >= 15 is 0 Å². The van der Waals surface area contributed by atoms with Gasteiger partial charge in [0, 0.05) is 16.3 Å². The number of fused-ring (bicyclic) bond motifs is 2. The molecule has 0 saturated carbocycles. The summed E-state index contributed by atoms with van der Waals surface area (Å²) in [6.45, 7) is 4.11. The number of hydrogen-bond donors (Lipinski definition) is 1. The molecule has 1 aliphatic heterocycles. The van der Waals surface area contributed by atoms with Gasteiger partial charge in [-0.2, -0.15) is 5.11 Å². The van der Waals surface area contributed by atoms with Crippen LogP contribution in [0.15, 0.2) is 64.8 Å². The predicted octanol–water partition coefficient (Wildman–Crippen LogP) is 6.06. The molecule has 4 heteroatoms. The summed E-state index contributed by atoms with van der Waals surface area (Å²) >= 11 is 0. The summed E-state index contributed by atoms with van der Waals surface area (Å²) in [5.41, 5.74) is 1.99. The molecule has 126 valence electrons. The van der Waals surface area contributed by atoms with E-state index < -0.39 is 0 Å². The van der Waals surface area contributed by atoms with Crippen molar-refractivity contribution in [2.24, 2.45) is 10.2 Å². The Morgan fingerprint density at radius 1 is 0.920 bits per heavy atom. The molecule has 3 aromatic rings. The number of aromatic hydroxyl groups is 1. The van der Waals surface area contributed by atoms with Crippen molar-refractivity contribution < 1.29 is 9.84 Å². The summed E-state index contributed by atoms with van der Waals surface area (Å²) in [7, 11) is 0. The Hall–Kier alpha value is -2.88. The highest BCUT2D eigenvalue weighted by Crippen LogP contribution is 2.50. The maximum Gasteiger partial charge on any atom is 0.155 e. The van der Waals surface area contributed by atoms with E-state index in [-0.39, 0.29) is 5.60 Å². The van der Waals surface area contributed by atoms with Gasteiger partial charge in [0.2, 0.25) is 0 Å². The summed E-state index contributed by atoms with van der Waals surface area (Å²) in [6.07, 6.45) is 1.61. The van der Waals surface area contributed by atoms with Crippen LogP contribution in [-0.2, 0) is 6.42 Å². The minimum atomic E-state index is -0.293. The molecule has 0 aliphatic carbocycles. The van der Waals surface area contributed by atoms with E-state index in [0.717, 1.165) is 34.9 Å². The van der Waals surface area contributed by atoms with Gasteiger partial charge < -0.3 is 9.84 Å². The minimum absolute atomic E-state index is 0.291. The van der Waals surface area contributed by atoms with Gasteiger partial charge >= 0.3 is 0 Å². The fraction of sp³-hybridized carbons (Fsp3) is 0.238. The van der Waals surface area contributed by atoms with Crippen molar-refractivity contribution in [1.82, 2.24) is 0 Å². The topological polar surface area (TPSA) is 54.2 Å². The second kappa shape index (κ2) is 5.88. The molecule has 4 nitrogen and oxygen atoms in total. The molecule has 0 fully saturated rings. The van der Waals surface area contributed by atoms with E-state index in [1.807, 2.05) is 54.6 Å². The van der Waals surface area contributed by atoms with Gasteiger partial charge in [-0.25, -0.2) is 0 Å². The number of ether oxygens (including phenoxy) is 1. The largest absolute Gasteiger partial charge is 0.507 e. The average molecular weight is 332 g/mol. The van der Waals surface area contributed by atoms with Crippen molar-refractivity contribution >= 4 is 22.1 Å². The molecule has 0 aromatic heterocycles. The lowest BCUT2D eigenvalue weighted by molar-refractivity contribution is 0.0847. The van der Waals surface area contributed by atoms with Crippen LogP contribution < -0.4 is 4.74 Å². The van der Waals surface area contributed by atoms with Crippen molar-refractivity contribution in [2.45, 2.75) is 32.3 Å². The van der Waals surface area contributed by atoms with Gasteiger partial charge in [-0.3, -0.25) is 0 Å². The Bertz CT molecular complexity index is 963. The first-order chi connectivity index (χ1) is 12.1. The second-order valence-corrected chi connectivity index (χ2v) is 6.95. The SMILES string of the molecule is CC1(C)CCc2c(c(N=Nc3ccccc3)c3ccccc3c2O)O1. The molecule has 0 spiro atoms. The van der Waals surface area contributed by atoms with Gasteiger partial charge in [-0.05, 0) is 38.8 Å². The van der Waals surface area contributed by atoms with Gasteiger partial charge in [0.05, 0.1) is 5.69 Å². The normalized spacial score (nSPS) is 15.9. The van der Waals surface area contributed by atoms with E-state index in [2.05, 4.69) is 24.1 Å². The summed E-state index contributed by atoms with van der Waals surface area (Å²) in [5, 5.41) is 21.2. The summed E-state index contributed by atoms with van der Waals surface area (Å²) in [6, 6.07) is 17.3. The fourth-order valence-corrected chi connectivity index (χ4v) is 3.23. The number of benzene rings is 3. The van der Waals surface area contributed by atoms with Crippen LogP contribution in [-0.4, -0.2) is 10.7 Å². The molecule has 0 radical (unpaired) electrons. The highest BCUT2D eigenvalue weighted by Gasteiger charge is 2.32. The van der Waals surface area contributed by atoms with Crippen LogP contribution in [0.4, 0.5) is 11.4 Å². The van der Waals surface area contributed by atoms with Gasteiger partial charge in [0.15, 0.2) is 5.75 Å². The lowest BCUT2D eigenvalue weighted by atomic mass is 9.91. The quantitative estimate of drug-likeness (QED) is 0.579. The average Bonchev–Trinajstić information content (AvgIpc) is 2.62. The van der Waals surface area contributed by atoms with E-state index in [9.17, 15) is 5.11 Å². The number of nitrogens with zero attached hydrogens (tertiary/aromatic N) is 2. The first-order valence-electron chi connectivity index (χ1n) is 8.47. The van der Waals surface area contributed by atoms with E-state index in [0.29, 0.717) is 17.2 Å². The summed E-state index contributed by atoms with van der Waals surface area (Å²) in [4.78, 5) is 0. The zero-order valence-electron chi connectivity index (χ0n) is 14.4. The van der Waals surface area contributed by atoms with Crippen molar-refractivity contribution in [3.05, 3.63) is 60.2 Å². The van der Waals surface area contributed by atoms with Crippen molar-refractivity contribution in [3.8, 4) is 11.5 Å². The maximum absolute atomic E-state index is 10.7. The van der Waals surface area contributed by atoms with Crippen LogP contribution in [0.1, 0.15) is 25.8 Å². The molecule has 4 rings (SSSR count). The maximum atomic E-state index is 10.7. The molecule has 1 N–H and O–H groups in total. The third kappa shape index (κ3) is 2.84. The molecule has 0 atom stereocenters. The molecule has 0 unspecified atom stereocenters. The Balaban J connectivity index is 1.95. The van der Waals surface area contributed by atoms with Crippen molar-refractivity contribution in [3.63, 3.8) is 0 Å². The van der Waals surface area contributed by atoms with Crippen LogP contribution in [0.2, 0.25) is 0 Å². The third-order valence-corrected chi connectivity index (χ3v) is 4.59. The number of azo groups is 1. The van der Waals surface area contributed by atoms with Gasteiger partial charge in [0.25, 0.3) is 0 Å². The van der Waals surface area contributed by atoms with Crippen molar-refractivity contribution in [2.75, 3.05) is 0 Å². The highest BCUT2D eigenvalue weighted by molar-refractivity contribution is 6.01. The first kappa shape index (κ1) is 15.6. The number of phenolic OH excluding ortho intramolecular Hbond substituents is 1. The second-order valence-electron chi connectivity index (χ2n) is 6.95. The smallest absolute Gasteiger partial charge is 0.155 e. The lowest BCUT2D eigenvalue weighted by Gasteiger charge is -2.34. The van der Waals surface area contributed by atoms with Crippen LogP contribution in [0.3, 0.4) is 0 Å². The van der Waals surface area contributed by atoms with Crippen LogP contribution in [0, 0.1) is 0 Å². The van der Waals surface area contributed by atoms with Crippen LogP contribution in [0.5, 0.6) is 11.5 Å². The number of rotatable bonds is 2. The molecule has 0 amide bonds. The van der Waals surface area contributed by atoms with E-state index in [1.165, 1.54) is 0 Å². The summed E-state index contributed by atoms with van der Waals surface area (Å²) < 4.78 is 6.21. The molecular formula is C21H20N2O2. The molecule has 0 saturated heterocycles. The van der Waals surface area contributed by atoms with Crippen LogP contribution in [0.25, 0.3) is 10.8 Å². The number of hydrogen-bond acceptors (Lipinski definition) is 4. The molecule has 1 heterocycles. The zero-order valence-corrected chi connectivity index (χ0v) is 14.4. The Labute approximate surface area is 146 Å². The molecule has 0 bridgehead atoms. The molecule has 1 aliphatic rings. The van der Waals surface area contributed by atoms with Gasteiger partial charge in [0.1, 0.15) is 17.0 Å². The van der Waals surface area contributed by atoms with Crippen molar-refractivity contribution in [1.29, 1.82) is 0 Å². The monoisotopic (exact) mass is 332 g/mol. The zero-order chi connectivity index (χ0) is 17.4. The first-order valence-corrected chi connectivity index (χ1v) is 8.47. The molecular weight excluding hydrogens is 312 g/mol. The standard InChI is InChI=1S/C21H20N2O2/c1-21(2)13-12-17-19(24)16-11-7-6-10-15(16)18(20(17)25-21)23-22-14-8-4-3-5-9-14/h3-11,24H,12-13H2,1-2H3. The third-order valence-electron chi connectivity index (χ3n) is 4.59. The molecule has 25 heavy (non-hydrogen) atoms. The van der Waals surface area contributed by atoms with Gasteiger partial charge in [-0.1, -0.05) is 42.5 Å².